The van der Waals surface area contributed by atoms with Gasteiger partial charge in [-0.3, -0.25) is 4.79 Å². The summed E-state index contributed by atoms with van der Waals surface area (Å²) < 4.78 is 1.06. The summed E-state index contributed by atoms with van der Waals surface area (Å²) in [5.74, 6) is 0.648. The molecule has 112 valence electrons. The maximum atomic E-state index is 12.1. The smallest absolute Gasteiger partial charge is 0.255 e. The van der Waals surface area contributed by atoms with E-state index < -0.39 is 0 Å². The van der Waals surface area contributed by atoms with Gasteiger partial charge in [-0.25, -0.2) is 4.98 Å². The average molecular weight is 350 g/mol. The quantitative estimate of drug-likeness (QED) is 0.887. The summed E-state index contributed by atoms with van der Waals surface area (Å²) in [5.41, 5.74) is 2.59. The van der Waals surface area contributed by atoms with E-state index in [2.05, 4.69) is 50.3 Å². The maximum absolute atomic E-state index is 12.1. The van der Waals surface area contributed by atoms with Crippen LogP contribution in [0, 0.1) is 13.8 Å². The molecule has 0 bridgehead atoms. The molecule has 2 atom stereocenters. The van der Waals surface area contributed by atoms with Crippen molar-refractivity contribution in [2.75, 3.05) is 0 Å². The molecular weight excluding hydrogens is 330 g/mol. The summed E-state index contributed by atoms with van der Waals surface area (Å²) in [6, 6.07) is 8.25. The number of benzene rings is 1. The Labute approximate surface area is 133 Å². The van der Waals surface area contributed by atoms with Crippen LogP contribution in [0.5, 0.6) is 0 Å². The monoisotopic (exact) mass is 349 g/mol. The van der Waals surface area contributed by atoms with Gasteiger partial charge in [-0.2, -0.15) is 0 Å². The fraction of sp³-hybridized carbons (Fsp3) is 0.375. The maximum Gasteiger partial charge on any atom is 0.255 e. The van der Waals surface area contributed by atoms with Crippen molar-refractivity contribution in [3.63, 3.8) is 0 Å². The minimum atomic E-state index is -0.0690. The molecule has 0 amide bonds. The van der Waals surface area contributed by atoms with Gasteiger partial charge >= 0.3 is 0 Å². The van der Waals surface area contributed by atoms with E-state index >= 15 is 0 Å². The number of hydrogen-bond acceptors (Lipinski definition) is 3. The van der Waals surface area contributed by atoms with E-state index in [-0.39, 0.29) is 17.6 Å². The molecule has 2 N–H and O–H groups in total. The molecule has 0 saturated carbocycles. The van der Waals surface area contributed by atoms with E-state index in [1.54, 1.807) is 6.92 Å². The van der Waals surface area contributed by atoms with Crippen molar-refractivity contribution in [1.82, 2.24) is 15.3 Å². The van der Waals surface area contributed by atoms with Gasteiger partial charge in [0, 0.05) is 22.3 Å². The number of aromatic amines is 1. The Kier molecular flexibility index (Phi) is 4.96. The first-order valence-corrected chi connectivity index (χ1v) is 7.76. The Morgan fingerprint density at radius 3 is 2.33 bits per heavy atom. The summed E-state index contributed by atoms with van der Waals surface area (Å²) >= 11 is 3.43. The molecule has 1 unspecified atom stereocenters. The Balaban J connectivity index is 2.20. The zero-order chi connectivity index (χ0) is 15.6. The van der Waals surface area contributed by atoms with Crippen LogP contribution in [0.2, 0.25) is 0 Å². The molecule has 1 heterocycles. The predicted molar refractivity (Wildman–Crippen MR) is 88.4 cm³/mol. The lowest BCUT2D eigenvalue weighted by Gasteiger charge is -2.21. The van der Waals surface area contributed by atoms with Gasteiger partial charge in [0.1, 0.15) is 5.82 Å². The molecule has 1 aromatic carbocycles. The van der Waals surface area contributed by atoms with Crippen molar-refractivity contribution in [3.8, 4) is 0 Å². The van der Waals surface area contributed by atoms with Gasteiger partial charge in [0.05, 0.1) is 5.56 Å². The second-order valence-corrected chi connectivity index (χ2v) is 6.23. The highest BCUT2D eigenvalue weighted by Gasteiger charge is 2.17. The molecule has 0 radical (unpaired) electrons. The second-order valence-electron chi connectivity index (χ2n) is 5.31. The Morgan fingerprint density at radius 2 is 1.76 bits per heavy atom. The van der Waals surface area contributed by atoms with E-state index in [1.807, 2.05) is 26.0 Å². The molecule has 0 aliphatic rings. The summed E-state index contributed by atoms with van der Waals surface area (Å²) in [4.78, 5) is 19.2. The first-order chi connectivity index (χ1) is 9.88. The zero-order valence-electron chi connectivity index (χ0n) is 12.7. The van der Waals surface area contributed by atoms with E-state index in [0.717, 1.165) is 10.2 Å². The lowest BCUT2D eigenvalue weighted by Crippen LogP contribution is -2.29. The molecule has 5 heteroatoms. The highest BCUT2D eigenvalue weighted by molar-refractivity contribution is 9.10. The van der Waals surface area contributed by atoms with Crippen molar-refractivity contribution >= 4 is 15.9 Å². The van der Waals surface area contributed by atoms with Gasteiger partial charge in [-0.1, -0.05) is 28.1 Å². The van der Waals surface area contributed by atoms with Crippen molar-refractivity contribution in [2.24, 2.45) is 0 Å². The molecule has 0 fully saturated rings. The number of rotatable bonds is 4. The number of H-pyrrole nitrogens is 1. The molecule has 1 aromatic heterocycles. The minimum absolute atomic E-state index is 0.0667. The lowest BCUT2D eigenvalue weighted by atomic mass is 10.0. The van der Waals surface area contributed by atoms with Crippen molar-refractivity contribution in [1.29, 1.82) is 0 Å². The third kappa shape index (κ3) is 3.80. The Hall–Kier alpha value is -1.46. The lowest BCUT2D eigenvalue weighted by molar-refractivity contribution is 0.487. The summed E-state index contributed by atoms with van der Waals surface area (Å²) in [6.07, 6.45) is 0. The van der Waals surface area contributed by atoms with Crippen LogP contribution in [-0.2, 0) is 0 Å². The van der Waals surface area contributed by atoms with Gasteiger partial charge < -0.3 is 10.3 Å². The summed E-state index contributed by atoms with van der Waals surface area (Å²) in [7, 11) is 0. The van der Waals surface area contributed by atoms with Gasteiger partial charge in [0.15, 0.2) is 0 Å². The minimum Gasteiger partial charge on any atom is -0.310 e. The van der Waals surface area contributed by atoms with E-state index in [4.69, 9.17) is 0 Å². The number of nitrogens with one attached hydrogen (secondary N) is 2. The molecule has 0 aliphatic carbocycles. The number of aromatic nitrogens is 2. The average Bonchev–Trinajstić information content (AvgIpc) is 2.37. The SMILES string of the molecule is Cc1nc(C)c(C(C)N[C@@H](C)c2ccc(Br)cc2)c(=O)[nH]1. The predicted octanol–water partition coefficient (Wildman–Crippen LogP) is 3.56. The number of hydrogen-bond donors (Lipinski definition) is 2. The van der Waals surface area contributed by atoms with Gasteiger partial charge in [0.2, 0.25) is 0 Å². The molecule has 2 rings (SSSR count). The molecule has 0 aliphatic heterocycles. The van der Waals surface area contributed by atoms with Crippen LogP contribution in [0.3, 0.4) is 0 Å². The third-order valence-corrected chi connectivity index (χ3v) is 4.10. The fourth-order valence-electron chi connectivity index (χ4n) is 2.55. The molecule has 0 saturated heterocycles. The first kappa shape index (κ1) is 15.9. The van der Waals surface area contributed by atoms with Gasteiger partial charge in [0.25, 0.3) is 5.56 Å². The molecule has 21 heavy (non-hydrogen) atoms. The fourth-order valence-corrected chi connectivity index (χ4v) is 2.82. The Morgan fingerprint density at radius 1 is 1.14 bits per heavy atom. The highest BCUT2D eigenvalue weighted by atomic mass is 79.9. The van der Waals surface area contributed by atoms with Crippen LogP contribution in [0.25, 0.3) is 0 Å². The molecule has 0 spiro atoms. The largest absolute Gasteiger partial charge is 0.310 e. The number of halogens is 1. The standard InChI is InChI=1S/C16H20BrN3O/c1-9(13-5-7-14(17)8-6-13)18-10(2)15-11(3)19-12(4)20-16(15)21/h5-10,18H,1-4H3,(H,19,20,21)/t9-,10?/m0/s1. The van der Waals surface area contributed by atoms with Crippen molar-refractivity contribution < 1.29 is 0 Å². The van der Waals surface area contributed by atoms with Gasteiger partial charge in [-0.15, -0.1) is 0 Å². The highest BCUT2D eigenvalue weighted by Crippen LogP contribution is 2.20. The van der Waals surface area contributed by atoms with Crippen LogP contribution in [0.4, 0.5) is 0 Å². The van der Waals surface area contributed by atoms with Crippen LogP contribution in [0.1, 0.15) is 48.6 Å². The zero-order valence-corrected chi connectivity index (χ0v) is 14.3. The molecule has 4 nitrogen and oxygen atoms in total. The van der Waals surface area contributed by atoms with Crippen LogP contribution < -0.4 is 10.9 Å². The molecule has 2 aromatic rings. The summed E-state index contributed by atoms with van der Waals surface area (Å²) in [5, 5.41) is 3.46. The first-order valence-electron chi connectivity index (χ1n) is 6.97. The topological polar surface area (TPSA) is 57.8 Å². The summed E-state index contributed by atoms with van der Waals surface area (Å²) in [6.45, 7) is 7.75. The van der Waals surface area contributed by atoms with Crippen LogP contribution >= 0.6 is 15.9 Å². The van der Waals surface area contributed by atoms with Crippen LogP contribution in [-0.4, -0.2) is 9.97 Å². The van der Waals surface area contributed by atoms with E-state index in [0.29, 0.717) is 11.4 Å². The van der Waals surface area contributed by atoms with Crippen LogP contribution in [0.15, 0.2) is 33.5 Å². The molecular formula is C16H20BrN3O. The van der Waals surface area contributed by atoms with Gasteiger partial charge in [-0.05, 0) is 45.4 Å². The van der Waals surface area contributed by atoms with Crippen molar-refractivity contribution in [2.45, 2.75) is 39.8 Å². The van der Waals surface area contributed by atoms with E-state index in [9.17, 15) is 4.79 Å². The number of nitrogens with zero attached hydrogens (tertiary/aromatic N) is 1. The normalized spacial score (nSPS) is 14.0. The second kappa shape index (κ2) is 6.54. The Bertz CT molecular complexity index is 679. The number of aryl methyl sites for hydroxylation is 2. The third-order valence-electron chi connectivity index (χ3n) is 3.57. The van der Waals surface area contributed by atoms with E-state index in [1.165, 1.54) is 5.56 Å². The van der Waals surface area contributed by atoms with Crippen molar-refractivity contribution in [3.05, 3.63) is 61.7 Å².